The van der Waals surface area contributed by atoms with Crippen molar-refractivity contribution in [2.75, 3.05) is 17.3 Å². The van der Waals surface area contributed by atoms with Crippen molar-refractivity contribution in [3.63, 3.8) is 0 Å². The quantitative estimate of drug-likeness (QED) is 0.653. The minimum absolute atomic E-state index is 0.0565. The number of hydrogen-bond acceptors (Lipinski definition) is 3. The molecule has 0 spiro atoms. The molecule has 0 saturated carbocycles. The van der Waals surface area contributed by atoms with Gasteiger partial charge in [-0.05, 0) is 67.1 Å². The van der Waals surface area contributed by atoms with Crippen LogP contribution in [0, 0.1) is 0 Å². The first kappa shape index (κ1) is 22.0. The molecule has 1 aliphatic rings. The zero-order valence-corrected chi connectivity index (χ0v) is 17.8. The van der Waals surface area contributed by atoms with Gasteiger partial charge in [-0.25, -0.2) is 4.79 Å². The van der Waals surface area contributed by atoms with Gasteiger partial charge in [-0.1, -0.05) is 26.0 Å². The number of rotatable bonds is 4. The Balaban J connectivity index is 1.98. The molecule has 162 valence electrons. The molecule has 0 amide bonds. The van der Waals surface area contributed by atoms with Gasteiger partial charge in [0.1, 0.15) is 5.54 Å². The van der Waals surface area contributed by atoms with Crippen molar-refractivity contribution in [1.82, 2.24) is 0 Å². The van der Waals surface area contributed by atoms with Crippen molar-refractivity contribution in [1.29, 1.82) is 0 Å². The number of nitrogens with one attached hydrogen (secondary N) is 1. The smallest absolute Gasteiger partial charge is 0.416 e. The van der Waals surface area contributed by atoms with Crippen LogP contribution >= 0.6 is 0 Å². The SMILES string of the molecule is CN1c2ccc(C(F)(F)F)cc2C(C)(C)CC1c1cccc(NC(C)(C)C(=O)O)c1. The fraction of sp³-hybridized carbons (Fsp3) is 0.435. The van der Waals surface area contributed by atoms with Crippen LogP contribution in [0.25, 0.3) is 0 Å². The Kier molecular flexibility index (Phi) is 5.29. The van der Waals surface area contributed by atoms with E-state index in [0.29, 0.717) is 17.7 Å². The van der Waals surface area contributed by atoms with E-state index in [1.165, 1.54) is 6.07 Å². The first-order chi connectivity index (χ1) is 13.7. The van der Waals surface area contributed by atoms with Crippen LogP contribution in [0.4, 0.5) is 24.5 Å². The van der Waals surface area contributed by atoms with Crippen LogP contribution in [0.2, 0.25) is 0 Å². The minimum Gasteiger partial charge on any atom is -0.480 e. The second-order valence-corrected chi connectivity index (χ2v) is 9.13. The Morgan fingerprint density at radius 2 is 1.83 bits per heavy atom. The molecule has 1 aliphatic heterocycles. The van der Waals surface area contributed by atoms with Crippen LogP contribution in [0.15, 0.2) is 42.5 Å². The summed E-state index contributed by atoms with van der Waals surface area (Å²) in [6.07, 6.45) is -3.75. The van der Waals surface area contributed by atoms with Gasteiger partial charge >= 0.3 is 12.1 Å². The molecule has 4 nitrogen and oxygen atoms in total. The van der Waals surface area contributed by atoms with E-state index in [1.807, 2.05) is 50.1 Å². The zero-order chi connectivity index (χ0) is 22.5. The number of benzene rings is 2. The summed E-state index contributed by atoms with van der Waals surface area (Å²) >= 11 is 0. The molecule has 1 heterocycles. The lowest BCUT2D eigenvalue weighted by atomic mass is 9.73. The van der Waals surface area contributed by atoms with E-state index in [4.69, 9.17) is 0 Å². The largest absolute Gasteiger partial charge is 0.480 e. The minimum atomic E-state index is -4.38. The Hall–Kier alpha value is -2.70. The first-order valence-corrected chi connectivity index (χ1v) is 9.78. The topological polar surface area (TPSA) is 52.6 Å². The van der Waals surface area contributed by atoms with Crippen LogP contribution in [-0.2, 0) is 16.4 Å². The van der Waals surface area contributed by atoms with Gasteiger partial charge in [0.15, 0.2) is 0 Å². The predicted molar refractivity (Wildman–Crippen MR) is 112 cm³/mol. The molecule has 0 bridgehead atoms. The van der Waals surface area contributed by atoms with Gasteiger partial charge in [0.05, 0.1) is 11.6 Å². The molecule has 3 rings (SSSR count). The number of carbonyl (C=O) groups is 1. The van der Waals surface area contributed by atoms with Crippen LogP contribution in [0.5, 0.6) is 0 Å². The molecule has 0 saturated heterocycles. The summed E-state index contributed by atoms with van der Waals surface area (Å²) in [5.74, 6) is -0.960. The number of carboxylic acid groups (broad SMARTS) is 1. The maximum Gasteiger partial charge on any atom is 0.416 e. The Bertz CT molecular complexity index is 967. The highest BCUT2D eigenvalue weighted by molar-refractivity contribution is 5.81. The Morgan fingerprint density at radius 1 is 1.17 bits per heavy atom. The summed E-state index contributed by atoms with van der Waals surface area (Å²) in [6.45, 7) is 7.10. The second kappa shape index (κ2) is 7.22. The maximum absolute atomic E-state index is 13.2. The van der Waals surface area contributed by atoms with Crippen LogP contribution < -0.4 is 10.2 Å². The normalized spacial score (nSPS) is 18.7. The predicted octanol–water partition coefficient (Wildman–Crippen LogP) is 5.84. The second-order valence-electron chi connectivity index (χ2n) is 9.13. The van der Waals surface area contributed by atoms with Crippen molar-refractivity contribution < 1.29 is 23.1 Å². The summed E-state index contributed by atoms with van der Waals surface area (Å²) in [7, 11) is 1.88. The van der Waals surface area contributed by atoms with Crippen molar-refractivity contribution in [2.45, 2.75) is 57.3 Å². The van der Waals surface area contributed by atoms with E-state index in [2.05, 4.69) is 5.32 Å². The van der Waals surface area contributed by atoms with Crippen molar-refractivity contribution in [2.24, 2.45) is 0 Å². The summed E-state index contributed by atoms with van der Waals surface area (Å²) in [5, 5.41) is 12.4. The van der Waals surface area contributed by atoms with Crippen LogP contribution in [0.3, 0.4) is 0 Å². The van der Waals surface area contributed by atoms with Crippen LogP contribution in [0.1, 0.15) is 56.8 Å². The third-order valence-corrected chi connectivity index (χ3v) is 5.87. The van der Waals surface area contributed by atoms with E-state index in [9.17, 15) is 23.1 Å². The third kappa shape index (κ3) is 4.11. The molecule has 1 atom stereocenters. The van der Waals surface area contributed by atoms with E-state index in [1.54, 1.807) is 19.9 Å². The van der Waals surface area contributed by atoms with E-state index in [-0.39, 0.29) is 6.04 Å². The van der Waals surface area contributed by atoms with Gasteiger partial charge in [-0.15, -0.1) is 0 Å². The van der Waals surface area contributed by atoms with E-state index in [0.717, 1.165) is 17.3 Å². The average Bonchev–Trinajstić information content (AvgIpc) is 2.63. The number of halogens is 3. The number of anilines is 2. The molecule has 0 radical (unpaired) electrons. The summed E-state index contributed by atoms with van der Waals surface area (Å²) < 4.78 is 39.7. The number of nitrogens with zero attached hydrogens (tertiary/aromatic N) is 1. The Labute approximate surface area is 174 Å². The number of aliphatic carboxylic acids is 1. The first-order valence-electron chi connectivity index (χ1n) is 9.78. The molecule has 0 aromatic heterocycles. The molecule has 2 N–H and O–H groups in total. The highest BCUT2D eigenvalue weighted by Gasteiger charge is 2.39. The lowest BCUT2D eigenvalue weighted by molar-refractivity contribution is -0.141. The summed E-state index contributed by atoms with van der Waals surface area (Å²) in [4.78, 5) is 13.4. The highest BCUT2D eigenvalue weighted by atomic mass is 19.4. The summed E-state index contributed by atoms with van der Waals surface area (Å²) in [5.41, 5.74) is 0.884. The third-order valence-electron chi connectivity index (χ3n) is 5.87. The van der Waals surface area contributed by atoms with Gasteiger partial charge in [0, 0.05) is 18.4 Å². The van der Waals surface area contributed by atoms with Crippen LogP contribution in [-0.4, -0.2) is 23.7 Å². The zero-order valence-electron chi connectivity index (χ0n) is 17.8. The van der Waals surface area contributed by atoms with E-state index < -0.39 is 28.7 Å². The number of fused-ring (bicyclic) bond motifs is 1. The molecule has 30 heavy (non-hydrogen) atoms. The molecule has 2 aromatic carbocycles. The number of alkyl halides is 3. The number of hydrogen-bond donors (Lipinski definition) is 2. The summed E-state index contributed by atoms with van der Waals surface area (Å²) in [6, 6.07) is 11.4. The molecule has 2 aromatic rings. The lowest BCUT2D eigenvalue weighted by Gasteiger charge is -2.45. The molecular weight excluding hydrogens is 393 g/mol. The standard InChI is InChI=1S/C23H27F3N2O2/c1-21(2)13-19(14-7-6-8-16(11-14)27-22(3,4)20(29)30)28(5)18-10-9-15(12-17(18)21)23(24,25)26/h6-12,19,27H,13H2,1-5H3,(H,29,30). The Morgan fingerprint density at radius 3 is 2.43 bits per heavy atom. The molecule has 1 unspecified atom stereocenters. The van der Waals surface area contributed by atoms with Crippen molar-refractivity contribution >= 4 is 17.3 Å². The van der Waals surface area contributed by atoms with Gasteiger partial charge in [0.25, 0.3) is 0 Å². The van der Waals surface area contributed by atoms with Gasteiger partial charge in [-0.3, -0.25) is 0 Å². The van der Waals surface area contributed by atoms with Gasteiger partial charge in [0.2, 0.25) is 0 Å². The highest BCUT2D eigenvalue weighted by Crippen LogP contribution is 2.48. The average molecular weight is 420 g/mol. The van der Waals surface area contributed by atoms with E-state index >= 15 is 0 Å². The van der Waals surface area contributed by atoms with Gasteiger partial charge in [-0.2, -0.15) is 13.2 Å². The molecule has 0 aliphatic carbocycles. The lowest BCUT2D eigenvalue weighted by Crippen LogP contribution is -2.40. The van der Waals surface area contributed by atoms with Crippen molar-refractivity contribution in [3.05, 3.63) is 59.2 Å². The number of carboxylic acids is 1. The fourth-order valence-electron chi connectivity index (χ4n) is 4.04. The fourth-order valence-corrected chi connectivity index (χ4v) is 4.04. The van der Waals surface area contributed by atoms with Gasteiger partial charge < -0.3 is 15.3 Å². The van der Waals surface area contributed by atoms with Crippen molar-refractivity contribution in [3.8, 4) is 0 Å². The molecule has 0 fully saturated rings. The monoisotopic (exact) mass is 420 g/mol. The molecular formula is C23H27F3N2O2. The molecule has 7 heteroatoms. The maximum atomic E-state index is 13.2.